The SMILES string of the molecule is C[C@@H](c1cccc2ccccc12)N(C)C/C=C\I. The van der Waals surface area contributed by atoms with Gasteiger partial charge in [0.25, 0.3) is 0 Å². The van der Waals surface area contributed by atoms with Crippen molar-refractivity contribution in [2.24, 2.45) is 0 Å². The van der Waals surface area contributed by atoms with Crippen LogP contribution in [0.4, 0.5) is 0 Å². The summed E-state index contributed by atoms with van der Waals surface area (Å²) in [6.07, 6.45) is 2.18. The Morgan fingerprint density at radius 1 is 1.17 bits per heavy atom. The van der Waals surface area contributed by atoms with E-state index in [9.17, 15) is 0 Å². The molecule has 0 aliphatic rings. The average Bonchev–Trinajstić information content (AvgIpc) is 2.43. The Kier molecular flexibility index (Phi) is 4.78. The molecular weight excluding hydrogens is 333 g/mol. The zero-order valence-electron chi connectivity index (χ0n) is 10.8. The van der Waals surface area contributed by atoms with Crippen molar-refractivity contribution in [1.82, 2.24) is 4.90 Å². The quantitative estimate of drug-likeness (QED) is 0.717. The molecule has 0 aromatic heterocycles. The van der Waals surface area contributed by atoms with Crippen LogP contribution < -0.4 is 0 Å². The molecule has 0 N–H and O–H groups in total. The molecule has 0 aliphatic heterocycles. The maximum absolute atomic E-state index is 2.36. The Morgan fingerprint density at radius 2 is 1.89 bits per heavy atom. The fourth-order valence-electron chi connectivity index (χ4n) is 2.22. The van der Waals surface area contributed by atoms with Crippen molar-refractivity contribution in [3.63, 3.8) is 0 Å². The molecular formula is C16H18IN. The van der Waals surface area contributed by atoms with E-state index < -0.39 is 0 Å². The zero-order chi connectivity index (χ0) is 13.0. The molecule has 0 heterocycles. The molecule has 1 nitrogen and oxygen atoms in total. The topological polar surface area (TPSA) is 3.24 Å². The first-order valence-electron chi connectivity index (χ1n) is 6.17. The minimum atomic E-state index is 0.420. The van der Waals surface area contributed by atoms with Crippen molar-refractivity contribution < 1.29 is 0 Å². The van der Waals surface area contributed by atoms with Crippen LogP contribution in [0.15, 0.2) is 52.6 Å². The molecule has 0 spiro atoms. The second-order valence-corrected chi connectivity index (χ2v) is 5.26. The molecule has 2 aromatic carbocycles. The number of benzene rings is 2. The summed E-state index contributed by atoms with van der Waals surface area (Å²) in [7, 11) is 2.17. The van der Waals surface area contributed by atoms with Crippen LogP contribution in [0, 0.1) is 0 Å². The van der Waals surface area contributed by atoms with E-state index in [1.165, 1.54) is 16.3 Å². The van der Waals surface area contributed by atoms with Gasteiger partial charge in [-0.2, -0.15) is 0 Å². The maximum Gasteiger partial charge on any atom is 0.0326 e. The van der Waals surface area contributed by atoms with Gasteiger partial charge in [0.1, 0.15) is 0 Å². The first kappa shape index (κ1) is 13.6. The third-order valence-corrected chi connectivity index (χ3v) is 3.93. The predicted molar refractivity (Wildman–Crippen MR) is 88.2 cm³/mol. The minimum absolute atomic E-state index is 0.420. The molecule has 0 saturated heterocycles. The smallest absolute Gasteiger partial charge is 0.0326 e. The predicted octanol–water partition coefficient (Wildman–Crippen LogP) is 4.78. The summed E-state index contributed by atoms with van der Waals surface area (Å²) < 4.78 is 2.07. The highest BCUT2D eigenvalue weighted by Crippen LogP contribution is 2.27. The van der Waals surface area contributed by atoms with Gasteiger partial charge in [0.2, 0.25) is 0 Å². The Bertz CT molecular complexity index is 542. The van der Waals surface area contributed by atoms with Gasteiger partial charge in [0.05, 0.1) is 0 Å². The van der Waals surface area contributed by atoms with E-state index in [4.69, 9.17) is 0 Å². The zero-order valence-corrected chi connectivity index (χ0v) is 13.0. The van der Waals surface area contributed by atoms with Crippen molar-refractivity contribution in [1.29, 1.82) is 0 Å². The van der Waals surface area contributed by atoms with Crippen LogP contribution in [0.1, 0.15) is 18.5 Å². The van der Waals surface area contributed by atoms with Crippen LogP contribution in [-0.2, 0) is 0 Å². The molecule has 0 saturated carbocycles. The number of hydrogen-bond acceptors (Lipinski definition) is 1. The highest BCUT2D eigenvalue weighted by Gasteiger charge is 2.12. The van der Waals surface area contributed by atoms with E-state index in [0.29, 0.717) is 6.04 Å². The molecule has 1 atom stereocenters. The van der Waals surface area contributed by atoms with Gasteiger partial charge in [-0.15, -0.1) is 0 Å². The van der Waals surface area contributed by atoms with Crippen LogP contribution in [0.5, 0.6) is 0 Å². The van der Waals surface area contributed by atoms with Gasteiger partial charge in [-0.05, 0) is 34.4 Å². The fourth-order valence-corrected chi connectivity index (χ4v) is 2.44. The third kappa shape index (κ3) is 2.93. The van der Waals surface area contributed by atoms with E-state index >= 15 is 0 Å². The Labute approximate surface area is 123 Å². The lowest BCUT2D eigenvalue weighted by atomic mass is 9.99. The van der Waals surface area contributed by atoms with Gasteiger partial charge in [0, 0.05) is 12.6 Å². The second-order valence-electron chi connectivity index (χ2n) is 4.55. The van der Waals surface area contributed by atoms with E-state index in [2.05, 4.69) is 94.1 Å². The number of halogens is 1. The van der Waals surface area contributed by atoms with Crippen molar-refractivity contribution in [3.8, 4) is 0 Å². The summed E-state index contributed by atoms with van der Waals surface area (Å²) in [4.78, 5) is 2.36. The van der Waals surface area contributed by atoms with Gasteiger partial charge in [-0.25, -0.2) is 0 Å². The van der Waals surface area contributed by atoms with Gasteiger partial charge in [-0.1, -0.05) is 71.1 Å². The lowest BCUT2D eigenvalue weighted by molar-refractivity contribution is 0.291. The fraction of sp³-hybridized carbons (Fsp3) is 0.250. The van der Waals surface area contributed by atoms with Crippen LogP contribution in [0.3, 0.4) is 0 Å². The molecule has 0 unspecified atom stereocenters. The van der Waals surface area contributed by atoms with Crippen LogP contribution in [-0.4, -0.2) is 18.5 Å². The van der Waals surface area contributed by atoms with Crippen LogP contribution in [0.25, 0.3) is 10.8 Å². The number of likely N-dealkylation sites (N-methyl/N-ethyl adjacent to an activating group) is 1. The molecule has 2 rings (SSSR count). The normalized spacial score (nSPS) is 13.6. The summed E-state index contributed by atoms with van der Waals surface area (Å²) in [5.74, 6) is 0. The van der Waals surface area contributed by atoms with Crippen molar-refractivity contribution in [3.05, 3.63) is 58.2 Å². The number of hydrogen-bond donors (Lipinski definition) is 0. The molecule has 0 radical (unpaired) electrons. The molecule has 0 aliphatic carbocycles. The average molecular weight is 351 g/mol. The summed E-state index contributed by atoms with van der Waals surface area (Å²) >= 11 is 2.27. The first-order valence-corrected chi connectivity index (χ1v) is 7.41. The Hall–Kier alpha value is -0.870. The molecule has 2 aromatic rings. The Balaban J connectivity index is 2.35. The minimum Gasteiger partial charge on any atom is -0.296 e. The third-order valence-electron chi connectivity index (χ3n) is 3.42. The Morgan fingerprint density at radius 3 is 2.67 bits per heavy atom. The summed E-state index contributed by atoms with van der Waals surface area (Å²) in [6, 6.07) is 15.6. The largest absolute Gasteiger partial charge is 0.296 e. The lowest BCUT2D eigenvalue weighted by Crippen LogP contribution is -2.22. The molecule has 94 valence electrons. The summed E-state index contributed by atoms with van der Waals surface area (Å²) in [5, 5.41) is 2.68. The maximum atomic E-state index is 2.36. The van der Waals surface area contributed by atoms with Crippen molar-refractivity contribution in [2.45, 2.75) is 13.0 Å². The van der Waals surface area contributed by atoms with E-state index in [-0.39, 0.29) is 0 Å². The van der Waals surface area contributed by atoms with Crippen molar-refractivity contribution in [2.75, 3.05) is 13.6 Å². The number of nitrogens with zero attached hydrogens (tertiary/aromatic N) is 1. The van der Waals surface area contributed by atoms with Crippen molar-refractivity contribution >= 4 is 33.4 Å². The highest BCUT2D eigenvalue weighted by atomic mass is 127. The molecule has 0 bridgehead atoms. The first-order chi connectivity index (χ1) is 8.74. The van der Waals surface area contributed by atoms with E-state index in [1.54, 1.807) is 0 Å². The van der Waals surface area contributed by atoms with Gasteiger partial charge in [-0.3, -0.25) is 4.90 Å². The monoisotopic (exact) mass is 351 g/mol. The molecule has 2 heteroatoms. The molecule has 18 heavy (non-hydrogen) atoms. The second kappa shape index (κ2) is 6.34. The number of rotatable bonds is 4. The highest BCUT2D eigenvalue weighted by molar-refractivity contribution is 14.1. The summed E-state index contributed by atoms with van der Waals surface area (Å²) in [6.45, 7) is 3.25. The van der Waals surface area contributed by atoms with Gasteiger partial charge >= 0.3 is 0 Å². The molecule has 0 fully saturated rings. The number of fused-ring (bicyclic) bond motifs is 1. The standard InChI is InChI=1S/C16H18IN/c1-13(18(2)12-6-11-17)15-10-5-8-14-7-3-4-9-16(14)15/h3-11,13H,12H2,1-2H3/b11-6-/t13-/m0/s1. The van der Waals surface area contributed by atoms with Gasteiger partial charge < -0.3 is 0 Å². The lowest BCUT2D eigenvalue weighted by Gasteiger charge is -2.25. The van der Waals surface area contributed by atoms with Crippen LogP contribution in [0.2, 0.25) is 0 Å². The molecule has 0 amide bonds. The van der Waals surface area contributed by atoms with E-state index in [1.807, 2.05) is 0 Å². The van der Waals surface area contributed by atoms with Gasteiger partial charge in [0.15, 0.2) is 0 Å². The van der Waals surface area contributed by atoms with Crippen LogP contribution >= 0.6 is 22.6 Å². The summed E-state index contributed by atoms with van der Waals surface area (Å²) in [5.41, 5.74) is 1.40. The van der Waals surface area contributed by atoms with E-state index in [0.717, 1.165) is 6.54 Å².